The van der Waals surface area contributed by atoms with Crippen LogP contribution in [0.1, 0.15) is 50.6 Å². The Bertz CT molecular complexity index is 373. The van der Waals surface area contributed by atoms with Gasteiger partial charge in [-0.25, -0.2) is 0 Å². The molecular formula is C14H24BrN3. The first-order chi connectivity index (χ1) is 8.77. The van der Waals surface area contributed by atoms with Crippen LogP contribution in [-0.4, -0.2) is 23.4 Å². The van der Waals surface area contributed by atoms with Gasteiger partial charge in [-0.1, -0.05) is 19.8 Å². The summed E-state index contributed by atoms with van der Waals surface area (Å²) >= 11 is 3.70. The normalized spacial score (nSPS) is 24.4. The lowest BCUT2D eigenvalue weighted by Gasteiger charge is -2.32. The average Bonchev–Trinajstić information content (AvgIpc) is 2.73. The van der Waals surface area contributed by atoms with Crippen LogP contribution in [0.2, 0.25) is 0 Å². The van der Waals surface area contributed by atoms with Crippen LogP contribution in [0, 0.1) is 5.92 Å². The van der Waals surface area contributed by atoms with Gasteiger partial charge in [0.1, 0.15) is 0 Å². The molecule has 102 valence electrons. The van der Waals surface area contributed by atoms with Crippen molar-refractivity contribution in [1.82, 2.24) is 15.1 Å². The molecule has 1 saturated carbocycles. The Hall–Kier alpha value is -0.350. The van der Waals surface area contributed by atoms with Crippen molar-refractivity contribution < 1.29 is 0 Å². The molecule has 0 aromatic carbocycles. The van der Waals surface area contributed by atoms with Crippen molar-refractivity contribution in [1.29, 1.82) is 0 Å². The van der Waals surface area contributed by atoms with E-state index >= 15 is 0 Å². The van der Waals surface area contributed by atoms with Crippen LogP contribution in [0.4, 0.5) is 0 Å². The molecule has 1 aromatic rings. The van der Waals surface area contributed by atoms with Gasteiger partial charge in [-0.05, 0) is 54.7 Å². The number of hydrogen-bond acceptors (Lipinski definition) is 2. The maximum Gasteiger partial charge on any atom is 0.0635 e. The first kappa shape index (κ1) is 14.1. The molecule has 0 saturated heterocycles. The molecule has 1 aromatic heterocycles. The van der Waals surface area contributed by atoms with Gasteiger partial charge in [-0.2, -0.15) is 5.10 Å². The highest BCUT2D eigenvalue weighted by molar-refractivity contribution is 9.10. The van der Waals surface area contributed by atoms with Crippen LogP contribution in [-0.2, 0) is 6.54 Å². The number of aryl methyl sites for hydroxylation is 1. The van der Waals surface area contributed by atoms with E-state index in [1.54, 1.807) is 0 Å². The Balaban J connectivity index is 2.23. The molecule has 1 aliphatic carbocycles. The molecule has 0 radical (unpaired) electrons. The lowest BCUT2D eigenvalue weighted by atomic mass is 9.77. The molecule has 1 aliphatic rings. The summed E-state index contributed by atoms with van der Waals surface area (Å²) in [5.41, 5.74) is 1.43. The van der Waals surface area contributed by atoms with Gasteiger partial charge in [-0.3, -0.25) is 4.68 Å². The van der Waals surface area contributed by atoms with Gasteiger partial charge in [0, 0.05) is 12.5 Å². The smallest absolute Gasteiger partial charge is 0.0635 e. The zero-order chi connectivity index (χ0) is 13.0. The summed E-state index contributed by atoms with van der Waals surface area (Å²) in [6.07, 6.45) is 8.49. The summed E-state index contributed by atoms with van der Waals surface area (Å²) in [5, 5.41) is 7.88. The molecule has 3 nitrogen and oxygen atoms in total. The monoisotopic (exact) mass is 313 g/mol. The molecule has 2 rings (SSSR count). The molecule has 18 heavy (non-hydrogen) atoms. The second-order valence-electron chi connectivity index (χ2n) is 5.31. The Kier molecular flexibility index (Phi) is 5.25. The van der Waals surface area contributed by atoms with Gasteiger partial charge in [0.05, 0.1) is 16.4 Å². The highest BCUT2D eigenvalue weighted by Crippen LogP contribution is 2.40. The lowest BCUT2D eigenvalue weighted by Crippen LogP contribution is -2.29. The van der Waals surface area contributed by atoms with Crippen LogP contribution in [0.15, 0.2) is 10.7 Å². The molecule has 4 heteroatoms. The third kappa shape index (κ3) is 2.97. The standard InChI is InChI=1S/C14H24BrN3/c1-3-8-18-14(13(15)10-17-18)12-7-5-4-6-11(12)9-16-2/h10-12,16H,3-9H2,1-2H3. The van der Waals surface area contributed by atoms with E-state index < -0.39 is 0 Å². The van der Waals surface area contributed by atoms with Gasteiger partial charge in [0.25, 0.3) is 0 Å². The largest absolute Gasteiger partial charge is 0.319 e. The summed E-state index contributed by atoms with van der Waals surface area (Å²) in [6, 6.07) is 0. The molecule has 2 unspecified atom stereocenters. The van der Waals surface area contributed by atoms with E-state index in [1.165, 1.54) is 35.8 Å². The highest BCUT2D eigenvalue weighted by atomic mass is 79.9. The minimum atomic E-state index is 0.662. The molecule has 2 atom stereocenters. The predicted octanol–water partition coefficient (Wildman–Crippen LogP) is 3.55. The number of nitrogens with zero attached hydrogens (tertiary/aromatic N) is 2. The van der Waals surface area contributed by atoms with Crippen molar-refractivity contribution in [2.45, 2.75) is 51.5 Å². The number of hydrogen-bond donors (Lipinski definition) is 1. The van der Waals surface area contributed by atoms with Gasteiger partial charge in [0.15, 0.2) is 0 Å². The van der Waals surface area contributed by atoms with Gasteiger partial charge >= 0.3 is 0 Å². The van der Waals surface area contributed by atoms with Crippen molar-refractivity contribution in [2.24, 2.45) is 5.92 Å². The summed E-state index contributed by atoms with van der Waals surface area (Å²) < 4.78 is 3.41. The fourth-order valence-corrected chi connectivity index (χ4v) is 3.79. The number of rotatable bonds is 5. The van der Waals surface area contributed by atoms with E-state index in [2.05, 4.69) is 45.0 Å². The second kappa shape index (κ2) is 6.71. The molecule has 0 amide bonds. The lowest BCUT2D eigenvalue weighted by molar-refractivity contribution is 0.287. The molecule has 0 bridgehead atoms. The first-order valence-corrected chi connectivity index (χ1v) is 7.93. The van der Waals surface area contributed by atoms with Crippen LogP contribution in [0.5, 0.6) is 0 Å². The van der Waals surface area contributed by atoms with E-state index in [0.29, 0.717) is 5.92 Å². The molecular weight excluding hydrogens is 290 g/mol. The Labute approximate surface area is 118 Å². The Morgan fingerprint density at radius 1 is 1.44 bits per heavy atom. The van der Waals surface area contributed by atoms with Crippen LogP contribution in [0.25, 0.3) is 0 Å². The fraction of sp³-hybridized carbons (Fsp3) is 0.786. The average molecular weight is 314 g/mol. The molecule has 1 N–H and O–H groups in total. The van der Waals surface area contributed by atoms with E-state index in [4.69, 9.17) is 0 Å². The van der Waals surface area contributed by atoms with Gasteiger partial charge < -0.3 is 5.32 Å². The maximum atomic E-state index is 4.52. The maximum absolute atomic E-state index is 4.52. The van der Waals surface area contributed by atoms with E-state index in [9.17, 15) is 0 Å². The second-order valence-corrected chi connectivity index (χ2v) is 6.16. The van der Waals surface area contributed by atoms with E-state index in [-0.39, 0.29) is 0 Å². The van der Waals surface area contributed by atoms with Crippen molar-refractivity contribution in [2.75, 3.05) is 13.6 Å². The van der Waals surface area contributed by atoms with Crippen molar-refractivity contribution in [3.8, 4) is 0 Å². The summed E-state index contributed by atoms with van der Waals surface area (Å²) in [5.74, 6) is 1.42. The summed E-state index contributed by atoms with van der Waals surface area (Å²) in [6.45, 7) is 4.36. The fourth-order valence-electron chi connectivity index (χ4n) is 3.20. The SMILES string of the molecule is CCCn1ncc(Br)c1C1CCCCC1CNC. The van der Waals surface area contributed by atoms with Crippen molar-refractivity contribution in [3.05, 3.63) is 16.4 Å². The minimum Gasteiger partial charge on any atom is -0.319 e. The van der Waals surface area contributed by atoms with Gasteiger partial charge in [0.2, 0.25) is 0 Å². The van der Waals surface area contributed by atoms with Crippen molar-refractivity contribution in [3.63, 3.8) is 0 Å². The number of halogens is 1. The topological polar surface area (TPSA) is 29.9 Å². The predicted molar refractivity (Wildman–Crippen MR) is 78.8 cm³/mol. The van der Waals surface area contributed by atoms with Crippen molar-refractivity contribution >= 4 is 15.9 Å². The zero-order valence-electron chi connectivity index (χ0n) is 11.5. The number of nitrogens with one attached hydrogen (secondary N) is 1. The van der Waals surface area contributed by atoms with E-state index in [0.717, 1.165) is 25.4 Å². The third-order valence-corrected chi connectivity index (χ3v) is 4.61. The first-order valence-electron chi connectivity index (χ1n) is 7.13. The minimum absolute atomic E-state index is 0.662. The number of aromatic nitrogens is 2. The summed E-state index contributed by atoms with van der Waals surface area (Å²) in [4.78, 5) is 0. The summed E-state index contributed by atoms with van der Waals surface area (Å²) in [7, 11) is 2.06. The molecule has 1 fully saturated rings. The molecule has 0 spiro atoms. The quantitative estimate of drug-likeness (QED) is 0.901. The molecule has 0 aliphatic heterocycles. The Morgan fingerprint density at radius 2 is 2.22 bits per heavy atom. The van der Waals surface area contributed by atoms with Gasteiger partial charge in [-0.15, -0.1) is 0 Å². The highest BCUT2D eigenvalue weighted by Gasteiger charge is 2.30. The van der Waals surface area contributed by atoms with Crippen LogP contribution >= 0.6 is 15.9 Å². The van der Waals surface area contributed by atoms with Crippen LogP contribution in [0.3, 0.4) is 0 Å². The van der Waals surface area contributed by atoms with Crippen LogP contribution < -0.4 is 5.32 Å². The zero-order valence-corrected chi connectivity index (χ0v) is 13.0. The third-order valence-electron chi connectivity index (χ3n) is 4.00. The van der Waals surface area contributed by atoms with E-state index in [1.807, 2.05) is 6.20 Å². The Morgan fingerprint density at radius 3 is 2.94 bits per heavy atom. The molecule has 1 heterocycles.